The summed E-state index contributed by atoms with van der Waals surface area (Å²) in [6, 6.07) is 0. The van der Waals surface area contributed by atoms with Gasteiger partial charge in [-0.05, 0) is 6.92 Å². The van der Waals surface area contributed by atoms with Crippen LogP contribution in [0.5, 0.6) is 0 Å². The summed E-state index contributed by atoms with van der Waals surface area (Å²) in [6.07, 6.45) is 17.6. The molecule has 51 heavy (non-hydrogen) atoms. The maximum atomic E-state index is 14.8. The van der Waals surface area contributed by atoms with Crippen LogP contribution in [0, 0.1) is 45.3 Å². The molecule has 1 amide bonds. The van der Waals surface area contributed by atoms with E-state index in [9.17, 15) is 19.8 Å². The van der Waals surface area contributed by atoms with Crippen molar-refractivity contribution in [1.82, 2.24) is 10.6 Å². The molecule has 4 saturated carbocycles. The molecule has 0 aliphatic heterocycles. The van der Waals surface area contributed by atoms with Crippen molar-refractivity contribution in [3.05, 3.63) is 23.8 Å². The molecular formula is C42H69I2N2O5-. The molecule has 0 saturated heterocycles. The molecule has 0 aromatic heterocycles. The molecule has 0 aromatic rings. The molecule has 5 aliphatic rings. The number of halogens is 2. The fourth-order valence-corrected chi connectivity index (χ4v) is 19.1. The Balaban J connectivity index is 1.31. The molecule has 0 heterocycles. The van der Waals surface area contributed by atoms with Crippen molar-refractivity contribution in [1.29, 1.82) is 0 Å². The number of hydrogen-bond acceptors (Lipinski definition) is 6. The Hall–Kier alpha value is -0.240. The zero-order valence-corrected chi connectivity index (χ0v) is 37.1. The third kappa shape index (κ3) is 7.78. The second kappa shape index (κ2) is 16.5. The number of ether oxygens (including phenoxy) is 1. The van der Waals surface area contributed by atoms with Gasteiger partial charge in [-0.3, -0.25) is 4.79 Å². The first-order valence-corrected chi connectivity index (χ1v) is 23.8. The number of aliphatic hydroxyl groups is 2. The number of alkyl halides is 3. The Morgan fingerprint density at radius 2 is 1.78 bits per heavy atom. The van der Waals surface area contributed by atoms with Gasteiger partial charge in [0.25, 0.3) is 0 Å². The average Bonchev–Trinajstić information content (AvgIpc) is 3.07. The normalized spacial score (nSPS) is 40.8. The number of nitrogens with one attached hydrogen (secondary N) is 2. The first kappa shape index (κ1) is 41.9. The minimum absolute atomic E-state index is 0.0183. The molecule has 9 heteroatoms. The molecule has 292 valence electrons. The monoisotopic (exact) mass is 935 g/mol. The van der Waals surface area contributed by atoms with Gasteiger partial charge >= 0.3 is 313 Å². The number of rotatable bonds is 13. The Kier molecular flexibility index (Phi) is 13.5. The third-order valence-corrected chi connectivity index (χ3v) is 21.6. The fourth-order valence-electron chi connectivity index (χ4n) is 12.2. The van der Waals surface area contributed by atoms with Crippen LogP contribution in [0.1, 0.15) is 132 Å². The maximum absolute atomic E-state index is 14.8. The van der Waals surface area contributed by atoms with Crippen molar-refractivity contribution in [2.24, 2.45) is 45.3 Å². The van der Waals surface area contributed by atoms with Gasteiger partial charge in [0.2, 0.25) is 0 Å². The molecule has 5 aliphatic carbocycles. The van der Waals surface area contributed by atoms with Crippen molar-refractivity contribution in [3.63, 3.8) is 0 Å². The number of aliphatic hydroxyl groups excluding tert-OH is 2. The van der Waals surface area contributed by atoms with Gasteiger partial charge in [0.1, 0.15) is 0 Å². The first-order valence-electron chi connectivity index (χ1n) is 20.2. The van der Waals surface area contributed by atoms with Gasteiger partial charge < -0.3 is 4.74 Å². The quantitative estimate of drug-likeness (QED) is 0.0924. The second-order valence-corrected chi connectivity index (χ2v) is 24.6. The first-order chi connectivity index (χ1) is 24.0. The molecule has 11 atom stereocenters. The summed E-state index contributed by atoms with van der Waals surface area (Å²) in [7, 11) is 0. The van der Waals surface area contributed by atoms with Gasteiger partial charge in [-0.15, -0.1) is 0 Å². The zero-order chi connectivity index (χ0) is 37.4. The Labute approximate surface area is 333 Å². The van der Waals surface area contributed by atoms with E-state index in [1.807, 2.05) is 12.2 Å². The molecule has 0 bridgehead atoms. The van der Waals surface area contributed by atoms with Crippen LogP contribution < -0.4 is 31.8 Å². The number of esters is 1. The van der Waals surface area contributed by atoms with Gasteiger partial charge in [-0.25, -0.2) is 0 Å². The van der Waals surface area contributed by atoms with Crippen LogP contribution in [0.25, 0.3) is 0 Å². The van der Waals surface area contributed by atoms with Crippen molar-refractivity contribution >= 4 is 34.5 Å². The predicted molar refractivity (Wildman–Crippen MR) is 210 cm³/mol. The topological polar surface area (TPSA) is 108 Å². The molecule has 0 spiro atoms. The van der Waals surface area contributed by atoms with Gasteiger partial charge in [0.15, 0.2) is 0 Å². The summed E-state index contributed by atoms with van der Waals surface area (Å²) in [5.74, 6) is 1.58. The zero-order valence-electron chi connectivity index (χ0n) is 32.8. The Morgan fingerprint density at radius 3 is 2.47 bits per heavy atom. The van der Waals surface area contributed by atoms with Gasteiger partial charge in [0.05, 0.1) is 6.61 Å². The molecule has 11 unspecified atom stereocenters. The average molecular weight is 936 g/mol. The number of carbonyl (C=O) groups excluding carboxylic acids is 2. The summed E-state index contributed by atoms with van der Waals surface area (Å²) in [5, 5.41) is 28.3. The standard InChI is InChI=1S/C42H69I2N2O5/c1-9-19-41(37(50)45-24-18-28-12-11-13-29(25-28)36(49)46-26-34(48)51-10-2)22-23-42(43)30(35(41)44-27(3)4)14-15-32-39(7)20-17-33(47)38(5,6)31(39)16-21-40(32,42)8/h11-13,27,29-33,35-36,46-47,49H,9-10,14-26H2,1-8H3,(H,45,50)/q-1. The van der Waals surface area contributed by atoms with Crippen LogP contribution in [0.15, 0.2) is 23.8 Å². The van der Waals surface area contributed by atoms with Crippen LogP contribution in [-0.2, 0) is 14.3 Å². The second-order valence-electron chi connectivity index (χ2n) is 18.2. The summed E-state index contributed by atoms with van der Waals surface area (Å²) in [6.45, 7) is 19.7. The molecule has 0 radical (unpaired) electrons. The van der Waals surface area contributed by atoms with E-state index in [-0.39, 0.29) is 70.8 Å². The molecule has 4 fully saturated rings. The molecule has 4 N–H and O–H groups in total. The fraction of sp³-hybridized carbons (Fsp3) is 0.857. The van der Waals surface area contributed by atoms with Gasteiger partial charge in [-0.2, -0.15) is 0 Å². The third-order valence-electron chi connectivity index (χ3n) is 14.8. The van der Waals surface area contributed by atoms with E-state index in [0.717, 1.165) is 44.9 Å². The van der Waals surface area contributed by atoms with Crippen molar-refractivity contribution < 1.29 is 45.7 Å². The van der Waals surface area contributed by atoms with Crippen molar-refractivity contribution in [3.8, 4) is 0 Å². The number of amides is 1. The van der Waals surface area contributed by atoms with E-state index in [2.05, 4.69) is 87.8 Å². The Bertz CT molecular complexity index is 1320. The SMILES string of the molecule is CCCC1(C(=O)NCCC2=CC=CC(C(O)NCC(=O)OCC)C2)CCC2(I)C(CCC3C4(C)CCC(O)C(C)(C)C4CCC32C)C1[I-]C(C)C. The van der Waals surface area contributed by atoms with Crippen molar-refractivity contribution in [2.45, 2.75) is 156 Å². The van der Waals surface area contributed by atoms with Gasteiger partial charge in [0, 0.05) is 0 Å². The molecular weight excluding hydrogens is 866 g/mol. The predicted octanol–water partition coefficient (Wildman–Crippen LogP) is 4.72. The summed E-state index contributed by atoms with van der Waals surface area (Å²) >= 11 is 2.77. The van der Waals surface area contributed by atoms with Crippen LogP contribution >= 0.6 is 22.6 Å². The van der Waals surface area contributed by atoms with Gasteiger partial charge in [-0.1, -0.05) is 0 Å². The number of allylic oxidation sites excluding steroid dienone is 2. The van der Waals surface area contributed by atoms with E-state index in [1.54, 1.807) is 6.92 Å². The number of carbonyl (C=O) groups is 2. The van der Waals surface area contributed by atoms with E-state index in [1.165, 1.54) is 31.3 Å². The molecule has 7 nitrogen and oxygen atoms in total. The van der Waals surface area contributed by atoms with Crippen LogP contribution in [-0.4, -0.2) is 65.4 Å². The van der Waals surface area contributed by atoms with Crippen LogP contribution in [0.3, 0.4) is 0 Å². The summed E-state index contributed by atoms with van der Waals surface area (Å²) in [5.41, 5.74) is 1.36. The van der Waals surface area contributed by atoms with Crippen LogP contribution in [0.4, 0.5) is 0 Å². The summed E-state index contributed by atoms with van der Waals surface area (Å²) < 4.78 is 6.28. The Morgan fingerprint density at radius 1 is 1.04 bits per heavy atom. The van der Waals surface area contributed by atoms with E-state index >= 15 is 0 Å². The molecule has 0 aromatic carbocycles. The van der Waals surface area contributed by atoms with E-state index < -0.39 is 6.23 Å². The minimum atomic E-state index is -0.834. The molecule has 5 rings (SSSR count). The van der Waals surface area contributed by atoms with Crippen molar-refractivity contribution in [2.75, 3.05) is 19.7 Å². The van der Waals surface area contributed by atoms with Crippen LogP contribution in [0.2, 0.25) is 0 Å². The van der Waals surface area contributed by atoms with E-state index in [4.69, 9.17) is 4.74 Å². The number of fused-ring (bicyclic) bond motifs is 5. The number of hydrogen-bond donors (Lipinski definition) is 4. The van der Waals surface area contributed by atoms with E-state index in [0.29, 0.717) is 51.1 Å². The summed E-state index contributed by atoms with van der Waals surface area (Å²) in [4.78, 5) is 26.5.